The highest BCUT2D eigenvalue weighted by Crippen LogP contribution is 2.60. The van der Waals surface area contributed by atoms with E-state index >= 15 is 0 Å². The van der Waals surface area contributed by atoms with E-state index in [1.54, 1.807) is 18.5 Å². The summed E-state index contributed by atoms with van der Waals surface area (Å²) in [6.07, 6.45) is 6.98. The van der Waals surface area contributed by atoms with Crippen LogP contribution in [0.2, 0.25) is 0 Å². The number of carbonyl (C=O) groups excluding carboxylic acids is 2. The summed E-state index contributed by atoms with van der Waals surface area (Å²) in [4.78, 5) is 24.7. The standard InChI is InChI=1S/C19H26N2O4/c1-10(16-6-15(11(2)25-16)17(22)21-24)20-18(23)19-7-12-3-13(8-19)5-14(4-12)9-19/h6,10,12-14,24H,3-5,7-9H2,1-2H3,(H,20,23)(H,21,22)/t10-,12?,13?,14?,19?/m0/s1. The quantitative estimate of drug-likeness (QED) is 0.577. The summed E-state index contributed by atoms with van der Waals surface area (Å²) < 4.78 is 5.63. The van der Waals surface area contributed by atoms with Gasteiger partial charge in [-0.3, -0.25) is 14.8 Å². The van der Waals surface area contributed by atoms with Crippen molar-refractivity contribution in [3.63, 3.8) is 0 Å². The van der Waals surface area contributed by atoms with E-state index in [1.807, 2.05) is 6.92 Å². The first kappa shape index (κ1) is 16.6. The molecule has 0 aromatic carbocycles. The van der Waals surface area contributed by atoms with Crippen molar-refractivity contribution in [3.05, 3.63) is 23.2 Å². The van der Waals surface area contributed by atoms with Crippen molar-refractivity contribution in [2.75, 3.05) is 0 Å². The minimum atomic E-state index is -0.605. The van der Waals surface area contributed by atoms with Crippen LogP contribution in [0.15, 0.2) is 10.5 Å². The van der Waals surface area contributed by atoms with Crippen molar-refractivity contribution in [1.29, 1.82) is 0 Å². The maximum absolute atomic E-state index is 13.1. The average molecular weight is 346 g/mol. The molecule has 5 rings (SSSR count). The number of hydrogen-bond acceptors (Lipinski definition) is 4. The van der Waals surface area contributed by atoms with Crippen molar-refractivity contribution in [1.82, 2.24) is 10.8 Å². The van der Waals surface area contributed by atoms with Crippen LogP contribution < -0.4 is 10.8 Å². The van der Waals surface area contributed by atoms with Crippen LogP contribution >= 0.6 is 0 Å². The number of furan rings is 1. The lowest BCUT2D eigenvalue weighted by molar-refractivity contribution is -0.147. The van der Waals surface area contributed by atoms with E-state index in [1.165, 1.54) is 19.3 Å². The van der Waals surface area contributed by atoms with Gasteiger partial charge in [-0.25, -0.2) is 5.48 Å². The van der Waals surface area contributed by atoms with Crippen LogP contribution in [0, 0.1) is 30.1 Å². The molecule has 25 heavy (non-hydrogen) atoms. The van der Waals surface area contributed by atoms with Gasteiger partial charge in [0, 0.05) is 5.41 Å². The Kier molecular flexibility index (Phi) is 3.90. The second-order valence-corrected chi connectivity index (χ2v) is 8.45. The number of rotatable bonds is 4. The highest BCUT2D eigenvalue weighted by atomic mass is 16.5. The minimum Gasteiger partial charge on any atom is -0.463 e. The molecule has 136 valence electrons. The predicted molar refractivity (Wildman–Crippen MR) is 89.9 cm³/mol. The SMILES string of the molecule is Cc1oc([C@H](C)NC(=O)C23CC4CC(CC(C4)C2)C3)cc1C(=O)NO. The molecule has 2 amide bonds. The average Bonchev–Trinajstić information content (AvgIpc) is 2.95. The molecule has 1 aromatic rings. The molecular formula is C19H26N2O4. The summed E-state index contributed by atoms with van der Waals surface area (Å²) in [5.74, 6) is 2.66. The molecule has 0 aliphatic heterocycles. The van der Waals surface area contributed by atoms with Gasteiger partial charge in [0.25, 0.3) is 5.91 Å². The van der Waals surface area contributed by atoms with Crippen LogP contribution in [0.25, 0.3) is 0 Å². The first-order valence-electron chi connectivity index (χ1n) is 9.26. The third-order valence-electron chi connectivity index (χ3n) is 6.58. The Hall–Kier alpha value is -1.82. The molecule has 4 saturated carbocycles. The Morgan fingerprint density at radius 3 is 2.28 bits per heavy atom. The molecule has 1 heterocycles. The molecule has 4 aliphatic rings. The van der Waals surface area contributed by atoms with Gasteiger partial charge in [0.05, 0.1) is 11.6 Å². The second-order valence-electron chi connectivity index (χ2n) is 8.45. The van der Waals surface area contributed by atoms with Gasteiger partial charge in [0.1, 0.15) is 11.5 Å². The van der Waals surface area contributed by atoms with E-state index < -0.39 is 5.91 Å². The molecule has 1 aromatic heterocycles. The highest BCUT2D eigenvalue weighted by Gasteiger charge is 2.54. The third kappa shape index (κ3) is 2.76. The zero-order valence-electron chi connectivity index (χ0n) is 14.8. The molecule has 4 fully saturated rings. The molecule has 3 N–H and O–H groups in total. The molecule has 4 aliphatic carbocycles. The third-order valence-corrected chi connectivity index (χ3v) is 6.58. The molecule has 0 radical (unpaired) electrons. The number of carbonyl (C=O) groups is 2. The fraction of sp³-hybridized carbons (Fsp3) is 0.684. The van der Waals surface area contributed by atoms with Crippen molar-refractivity contribution in [2.45, 2.75) is 58.4 Å². The Morgan fingerprint density at radius 1 is 1.20 bits per heavy atom. The summed E-state index contributed by atoms with van der Waals surface area (Å²) in [7, 11) is 0. The van der Waals surface area contributed by atoms with Crippen LogP contribution in [-0.4, -0.2) is 17.0 Å². The first-order valence-corrected chi connectivity index (χ1v) is 9.26. The van der Waals surface area contributed by atoms with Gasteiger partial charge in [-0.2, -0.15) is 0 Å². The van der Waals surface area contributed by atoms with Gasteiger partial charge in [0.15, 0.2) is 0 Å². The molecule has 0 saturated heterocycles. The number of hydroxylamine groups is 1. The van der Waals surface area contributed by atoms with Crippen LogP contribution in [-0.2, 0) is 4.79 Å². The van der Waals surface area contributed by atoms with Gasteiger partial charge < -0.3 is 9.73 Å². The van der Waals surface area contributed by atoms with E-state index in [0.717, 1.165) is 37.0 Å². The monoisotopic (exact) mass is 346 g/mol. The minimum absolute atomic E-state index is 0.140. The van der Waals surface area contributed by atoms with Crippen LogP contribution in [0.1, 0.15) is 73.4 Å². The zero-order chi connectivity index (χ0) is 17.8. The lowest BCUT2D eigenvalue weighted by Gasteiger charge is -2.55. The fourth-order valence-corrected chi connectivity index (χ4v) is 5.81. The number of nitrogens with one attached hydrogen (secondary N) is 2. The van der Waals surface area contributed by atoms with E-state index in [2.05, 4.69) is 5.32 Å². The topological polar surface area (TPSA) is 91.6 Å². The van der Waals surface area contributed by atoms with Gasteiger partial charge >= 0.3 is 0 Å². The smallest absolute Gasteiger partial charge is 0.278 e. The largest absolute Gasteiger partial charge is 0.463 e. The summed E-state index contributed by atoms with van der Waals surface area (Å²) in [6.45, 7) is 3.54. The van der Waals surface area contributed by atoms with Gasteiger partial charge in [-0.1, -0.05) is 0 Å². The van der Waals surface area contributed by atoms with E-state index in [9.17, 15) is 9.59 Å². The Labute approximate surface area is 147 Å². The molecule has 1 atom stereocenters. The molecule has 0 unspecified atom stereocenters. The Bertz CT molecular complexity index is 673. The van der Waals surface area contributed by atoms with Crippen molar-refractivity contribution in [2.24, 2.45) is 23.2 Å². The van der Waals surface area contributed by atoms with Crippen LogP contribution in [0.4, 0.5) is 0 Å². The molecule has 0 spiro atoms. The molecule has 6 heteroatoms. The lowest BCUT2D eigenvalue weighted by atomic mass is 9.49. The summed E-state index contributed by atoms with van der Waals surface area (Å²) in [6, 6.07) is 1.28. The number of hydrogen-bond donors (Lipinski definition) is 3. The summed E-state index contributed by atoms with van der Waals surface area (Å²) in [5.41, 5.74) is 1.70. The van der Waals surface area contributed by atoms with Crippen LogP contribution in [0.3, 0.4) is 0 Å². The summed E-state index contributed by atoms with van der Waals surface area (Å²) >= 11 is 0. The fourth-order valence-electron chi connectivity index (χ4n) is 5.81. The molecule has 4 bridgehead atoms. The van der Waals surface area contributed by atoms with Crippen molar-refractivity contribution in [3.8, 4) is 0 Å². The highest BCUT2D eigenvalue weighted by molar-refractivity contribution is 5.94. The maximum Gasteiger partial charge on any atom is 0.278 e. The van der Waals surface area contributed by atoms with Gasteiger partial charge in [0.2, 0.25) is 5.91 Å². The normalized spacial score (nSPS) is 34.0. The van der Waals surface area contributed by atoms with E-state index in [4.69, 9.17) is 9.62 Å². The lowest BCUT2D eigenvalue weighted by Crippen LogP contribution is -2.53. The Morgan fingerprint density at radius 2 is 1.76 bits per heavy atom. The van der Waals surface area contributed by atoms with Crippen molar-refractivity contribution >= 4 is 11.8 Å². The number of aryl methyl sites for hydroxylation is 1. The van der Waals surface area contributed by atoms with E-state index in [0.29, 0.717) is 11.5 Å². The van der Waals surface area contributed by atoms with Gasteiger partial charge in [-0.15, -0.1) is 0 Å². The van der Waals surface area contributed by atoms with Crippen LogP contribution in [0.5, 0.6) is 0 Å². The number of amides is 2. The molecule has 6 nitrogen and oxygen atoms in total. The zero-order valence-corrected chi connectivity index (χ0v) is 14.8. The first-order chi connectivity index (χ1) is 11.9. The van der Waals surface area contributed by atoms with E-state index in [-0.39, 0.29) is 22.9 Å². The summed E-state index contributed by atoms with van der Waals surface area (Å²) in [5, 5.41) is 11.9. The molecular weight excluding hydrogens is 320 g/mol. The maximum atomic E-state index is 13.1. The second kappa shape index (κ2) is 5.87. The Balaban J connectivity index is 1.49. The van der Waals surface area contributed by atoms with Crippen molar-refractivity contribution < 1.29 is 19.2 Å². The predicted octanol–water partition coefficient (Wildman–Crippen LogP) is 3.10. The van der Waals surface area contributed by atoms with Gasteiger partial charge in [-0.05, 0) is 76.2 Å².